The highest BCUT2D eigenvalue weighted by Gasteiger charge is 2.31. The van der Waals surface area contributed by atoms with Crippen molar-refractivity contribution in [1.82, 2.24) is 0 Å². The summed E-state index contributed by atoms with van der Waals surface area (Å²) in [6.45, 7) is 4.42. The Labute approximate surface area is 372 Å². The Morgan fingerprint density at radius 2 is 0.885 bits per heavy atom. The predicted octanol–water partition coefficient (Wildman–Crippen LogP) is 13.2. The number of aliphatic carboxylic acids is 1. The van der Waals surface area contributed by atoms with Gasteiger partial charge in [0.05, 0.1) is 34.4 Å². The minimum Gasteiger partial charge on any atom is -0.477 e. The summed E-state index contributed by atoms with van der Waals surface area (Å²) in [5.74, 6) is -1.57. The summed E-state index contributed by atoms with van der Waals surface area (Å²) in [6, 6.07) is -0.633. The van der Waals surface area contributed by atoms with Crippen molar-refractivity contribution in [3.05, 3.63) is 109 Å². The largest absolute Gasteiger partial charge is 0.477 e. The number of likely N-dealkylation sites (N-methyl/N-ethyl adjacent to an activating group) is 1. The molecule has 0 spiro atoms. The summed E-state index contributed by atoms with van der Waals surface area (Å²) in [5.41, 5.74) is 0. The van der Waals surface area contributed by atoms with Crippen LogP contribution in [-0.2, 0) is 28.6 Å². The van der Waals surface area contributed by atoms with Gasteiger partial charge < -0.3 is 23.8 Å². The molecule has 2 atom stereocenters. The summed E-state index contributed by atoms with van der Waals surface area (Å²) in [6.07, 6.45) is 58.5. The zero-order chi connectivity index (χ0) is 44.9. The summed E-state index contributed by atoms with van der Waals surface area (Å²) >= 11 is 0. The number of nitrogens with zero attached hydrogens (tertiary/aromatic N) is 1. The molecule has 0 fully saturated rings. The first-order valence-electron chi connectivity index (χ1n) is 23.4. The Balaban J connectivity index is 4.43. The maximum absolute atomic E-state index is 12.7. The number of hydrogen-bond donors (Lipinski definition) is 1. The van der Waals surface area contributed by atoms with E-state index in [9.17, 15) is 19.5 Å². The monoisotopic (exact) mass is 849 g/mol. The van der Waals surface area contributed by atoms with Crippen molar-refractivity contribution < 1.29 is 38.2 Å². The first kappa shape index (κ1) is 57.0. The van der Waals surface area contributed by atoms with Gasteiger partial charge in [-0.3, -0.25) is 9.59 Å². The van der Waals surface area contributed by atoms with Gasteiger partial charge in [-0.05, 0) is 89.9 Å². The quantitative estimate of drug-likeness (QED) is 0.0284. The van der Waals surface area contributed by atoms with E-state index < -0.39 is 18.1 Å². The molecule has 1 N–H and O–H groups in total. The number of carboxylic acids is 1. The van der Waals surface area contributed by atoms with Crippen molar-refractivity contribution in [2.75, 3.05) is 41.0 Å². The molecule has 0 aliphatic rings. The van der Waals surface area contributed by atoms with Crippen LogP contribution in [0.3, 0.4) is 0 Å². The molecule has 2 unspecified atom stereocenters. The molecule has 344 valence electrons. The zero-order valence-corrected chi connectivity index (χ0v) is 39.1. The second kappa shape index (κ2) is 42.7. The molecule has 0 aliphatic carbocycles. The highest BCUT2D eigenvalue weighted by molar-refractivity contribution is 5.72. The standard InChI is InChI=1S/C53H85NO7/c1-6-8-10-12-14-16-18-20-22-24-25-26-28-29-31-33-35-37-39-41-43-51(55)60-48-49(47-59-46-45-50(53(57)58)54(3,4)5)61-52(56)44-42-40-38-36-34-32-30-27-23-21-19-17-15-13-11-9-7-2/h8-11,14-17,20-23,25-26,30,32,36,38,49-50H,6-7,12-13,18-19,24,27-29,31,33-35,37,39-48H2,1-5H3/p+1/b10-8+,11-9+,16-14+,17-15+,22-20+,23-21+,26-25+,32-30+,38-36+. The van der Waals surface area contributed by atoms with Crippen LogP contribution in [0.15, 0.2) is 109 Å². The van der Waals surface area contributed by atoms with Gasteiger partial charge in [0.1, 0.15) is 6.61 Å². The fourth-order valence-electron chi connectivity index (χ4n) is 6.12. The Bertz CT molecular complexity index is 1360. The lowest BCUT2D eigenvalue weighted by molar-refractivity contribution is -0.887. The van der Waals surface area contributed by atoms with E-state index >= 15 is 0 Å². The van der Waals surface area contributed by atoms with E-state index in [4.69, 9.17) is 14.2 Å². The fraction of sp³-hybridized carbons (Fsp3) is 0.604. The molecule has 0 amide bonds. The molecule has 61 heavy (non-hydrogen) atoms. The van der Waals surface area contributed by atoms with Crippen LogP contribution < -0.4 is 0 Å². The van der Waals surface area contributed by atoms with Gasteiger partial charge in [-0.1, -0.05) is 155 Å². The predicted molar refractivity (Wildman–Crippen MR) is 256 cm³/mol. The Morgan fingerprint density at radius 3 is 1.33 bits per heavy atom. The minimum atomic E-state index is -0.891. The van der Waals surface area contributed by atoms with Crippen LogP contribution in [0.5, 0.6) is 0 Å². The van der Waals surface area contributed by atoms with Gasteiger partial charge in [-0.15, -0.1) is 0 Å². The third kappa shape index (κ3) is 41.1. The lowest BCUT2D eigenvalue weighted by atomic mass is 10.1. The molecule has 0 rings (SSSR count). The number of carboxylic acid groups (broad SMARTS) is 1. The maximum atomic E-state index is 12.7. The van der Waals surface area contributed by atoms with Crippen molar-refractivity contribution in [1.29, 1.82) is 0 Å². The Morgan fingerprint density at radius 1 is 0.492 bits per heavy atom. The number of quaternary nitrogens is 1. The maximum Gasteiger partial charge on any atom is 0.362 e. The third-order valence-corrected chi connectivity index (χ3v) is 9.67. The molecular weight excluding hydrogens is 763 g/mol. The number of carbonyl (C=O) groups is 3. The van der Waals surface area contributed by atoms with Crippen LogP contribution in [0, 0.1) is 0 Å². The molecule has 0 aromatic rings. The number of carbonyl (C=O) groups excluding carboxylic acids is 2. The number of unbranched alkanes of at least 4 members (excludes halogenated alkanes) is 8. The topological polar surface area (TPSA) is 99.1 Å². The van der Waals surface area contributed by atoms with Crippen LogP contribution >= 0.6 is 0 Å². The third-order valence-electron chi connectivity index (χ3n) is 9.67. The Kier molecular flexibility index (Phi) is 39.9. The van der Waals surface area contributed by atoms with Gasteiger partial charge in [0.25, 0.3) is 0 Å². The molecule has 0 saturated heterocycles. The number of hydrogen-bond acceptors (Lipinski definition) is 6. The van der Waals surface area contributed by atoms with E-state index in [-0.39, 0.29) is 42.7 Å². The highest BCUT2D eigenvalue weighted by atomic mass is 16.6. The van der Waals surface area contributed by atoms with Crippen molar-refractivity contribution in [3.8, 4) is 0 Å². The highest BCUT2D eigenvalue weighted by Crippen LogP contribution is 2.13. The second-order valence-corrected chi connectivity index (χ2v) is 16.2. The molecule has 0 radical (unpaired) electrons. The van der Waals surface area contributed by atoms with Crippen LogP contribution in [-0.4, -0.2) is 80.6 Å². The number of esters is 2. The van der Waals surface area contributed by atoms with E-state index in [1.54, 1.807) is 0 Å². The van der Waals surface area contributed by atoms with Gasteiger partial charge in [-0.2, -0.15) is 0 Å². The summed E-state index contributed by atoms with van der Waals surface area (Å²) < 4.78 is 17.2. The molecule has 0 aliphatic heterocycles. The SMILES string of the molecule is CC/C=C/C/C=C/C/C=C/C/C=C/C/C=C/CCCC(=O)OC(COCCC(C(=O)O)[N+](C)(C)C)COC(=O)CCCCCCCCC/C=C/C/C=C/C/C=C/C/C=C/CC. The number of ether oxygens (including phenoxy) is 3. The molecule has 0 saturated carbocycles. The summed E-state index contributed by atoms with van der Waals surface area (Å²) in [4.78, 5) is 37.1. The minimum absolute atomic E-state index is 0.0273. The molecule has 0 bridgehead atoms. The molecule has 8 heteroatoms. The molecular formula is C53H86NO7+. The normalized spacial score (nSPS) is 13.9. The molecule has 0 heterocycles. The van der Waals surface area contributed by atoms with E-state index in [1.807, 2.05) is 21.1 Å². The van der Waals surface area contributed by atoms with Gasteiger partial charge >= 0.3 is 17.9 Å². The number of allylic oxidation sites excluding steroid dienone is 18. The van der Waals surface area contributed by atoms with Gasteiger partial charge in [0, 0.05) is 19.3 Å². The van der Waals surface area contributed by atoms with Gasteiger partial charge in [0.15, 0.2) is 12.1 Å². The van der Waals surface area contributed by atoms with Crippen molar-refractivity contribution >= 4 is 17.9 Å². The lowest BCUT2D eigenvalue weighted by Gasteiger charge is -2.31. The smallest absolute Gasteiger partial charge is 0.362 e. The van der Waals surface area contributed by atoms with E-state index in [0.717, 1.165) is 96.3 Å². The lowest BCUT2D eigenvalue weighted by Crippen LogP contribution is -2.50. The Hall–Kier alpha value is -4.01. The second-order valence-electron chi connectivity index (χ2n) is 16.2. The van der Waals surface area contributed by atoms with Crippen LogP contribution in [0.1, 0.15) is 155 Å². The number of rotatable bonds is 40. The first-order valence-corrected chi connectivity index (χ1v) is 23.4. The molecule has 0 aromatic carbocycles. The molecule has 0 aromatic heterocycles. The van der Waals surface area contributed by atoms with Crippen LogP contribution in [0.2, 0.25) is 0 Å². The van der Waals surface area contributed by atoms with Crippen molar-refractivity contribution in [2.24, 2.45) is 0 Å². The van der Waals surface area contributed by atoms with Crippen molar-refractivity contribution in [3.63, 3.8) is 0 Å². The summed E-state index contributed by atoms with van der Waals surface area (Å²) in [5, 5.41) is 9.63. The molecule has 8 nitrogen and oxygen atoms in total. The summed E-state index contributed by atoms with van der Waals surface area (Å²) in [7, 11) is 5.49. The van der Waals surface area contributed by atoms with Gasteiger partial charge in [0.2, 0.25) is 0 Å². The fourth-order valence-corrected chi connectivity index (χ4v) is 6.12. The van der Waals surface area contributed by atoms with Gasteiger partial charge in [-0.25, -0.2) is 4.79 Å². The van der Waals surface area contributed by atoms with E-state index in [2.05, 4.69) is 123 Å². The average molecular weight is 849 g/mol. The zero-order valence-electron chi connectivity index (χ0n) is 39.1. The van der Waals surface area contributed by atoms with Crippen molar-refractivity contribution in [2.45, 2.75) is 167 Å². The van der Waals surface area contributed by atoms with E-state index in [0.29, 0.717) is 19.3 Å². The van der Waals surface area contributed by atoms with Crippen LogP contribution in [0.4, 0.5) is 0 Å². The average Bonchev–Trinajstić information content (AvgIpc) is 3.22. The van der Waals surface area contributed by atoms with E-state index in [1.165, 1.54) is 19.3 Å². The first-order chi connectivity index (χ1) is 29.6. The van der Waals surface area contributed by atoms with Crippen LogP contribution in [0.25, 0.3) is 0 Å².